The molecule has 0 radical (unpaired) electrons. The number of amides is 1. The van der Waals surface area contributed by atoms with E-state index >= 15 is 0 Å². The fourth-order valence-corrected chi connectivity index (χ4v) is 4.01. The highest BCUT2D eigenvalue weighted by Crippen LogP contribution is 2.29. The molecular weight excluding hydrogens is 458 g/mol. The molecule has 5 unspecified atom stereocenters. The summed E-state index contributed by atoms with van der Waals surface area (Å²) in [6, 6.07) is 3.24. The summed E-state index contributed by atoms with van der Waals surface area (Å²) in [7, 11) is 0. The number of rotatable bonds is 9. The van der Waals surface area contributed by atoms with Gasteiger partial charge in [-0.1, -0.05) is 20.8 Å². The van der Waals surface area contributed by atoms with Crippen molar-refractivity contribution in [2.45, 2.75) is 70.7 Å². The van der Waals surface area contributed by atoms with E-state index in [1.54, 1.807) is 6.07 Å². The number of aromatic nitrogens is 2. The average molecular weight is 492 g/mol. The van der Waals surface area contributed by atoms with Gasteiger partial charge in [-0.2, -0.15) is 0 Å². The first-order chi connectivity index (χ1) is 16.7. The van der Waals surface area contributed by atoms with Crippen molar-refractivity contribution in [1.82, 2.24) is 15.3 Å². The van der Waals surface area contributed by atoms with Crippen molar-refractivity contribution < 1.29 is 34.7 Å². The third-order valence-electron chi connectivity index (χ3n) is 5.95. The van der Waals surface area contributed by atoms with E-state index in [0.29, 0.717) is 42.0 Å². The molecule has 0 aliphatic carbocycles. The van der Waals surface area contributed by atoms with Crippen molar-refractivity contribution in [2.24, 2.45) is 0 Å². The summed E-state index contributed by atoms with van der Waals surface area (Å²) in [4.78, 5) is 33.1. The Balaban J connectivity index is 1.96. The summed E-state index contributed by atoms with van der Waals surface area (Å²) >= 11 is 0. The lowest BCUT2D eigenvalue weighted by Crippen LogP contribution is -2.64. The Morgan fingerprint density at radius 3 is 2.54 bits per heavy atom. The maximum atomic E-state index is 13.0. The van der Waals surface area contributed by atoms with Crippen LogP contribution in [0.25, 0.3) is 11.4 Å². The minimum absolute atomic E-state index is 0.141. The van der Waals surface area contributed by atoms with Gasteiger partial charge < -0.3 is 40.2 Å². The van der Waals surface area contributed by atoms with Crippen LogP contribution in [0, 0.1) is 0 Å². The number of aliphatic hydroxyl groups excluding tert-OH is 4. The molecule has 1 aliphatic heterocycles. The number of aryl methyl sites for hydroxylation is 1. The van der Waals surface area contributed by atoms with Crippen LogP contribution in [0.3, 0.4) is 0 Å². The first-order valence-electron chi connectivity index (χ1n) is 11.8. The monoisotopic (exact) mass is 491 g/mol. The molecule has 192 valence electrons. The summed E-state index contributed by atoms with van der Waals surface area (Å²) in [6.45, 7) is 5.54. The van der Waals surface area contributed by atoms with Gasteiger partial charge in [-0.3, -0.25) is 9.59 Å². The first-order valence-corrected chi connectivity index (χ1v) is 11.8. The predicted molar refractivity (Wildman–Crippen MR) is 126 cm³/mol. The molecule has 0 spiro atoms. The van der Waals surface area contributed by atoms with Crippen LogP contribution in [-0.4, -0.2) is 80.2 Å². The Hall–Kier alpha value is -2.83. The van der Waals surface area contributed by atoms with E-state index in [4.69, 9.17) is 9.47 Å². The first kappa shape index (κ1) is 26.8. The quantitative estimate of drug-likeness (QED) is 0.279. The van der Waals surface area contributed by atoms with E-state index in [0.717, 1.165) is 6.42 Å². The Morgan fingerprint density at radius 2 is 1.91 bits per heavy atom. The van der Waals surface area contributed by atoms with Crippen LogP contribution >= 0.6 is 0 Å². The SMILES string of the molecule is CCCOc1ccc(C(=O)NC2C(O)OC(CO)C(O)C2O)cc1-c1nc(CC)c(CC)c(=O)[nH]1. The van der Waals surface area contributed by atoms with Gasteiger partial charge in [0.15, 0.2) is 6.29 Å². The van der Waals surface area contributed by atoms with Crippen LogP contribution in [0.15, 0.2) is 23.0 Å². The van der Waals surface area contributed by atoms with Crippen LogP contribution in [0.4, 0.5) is 0 Å². The van der Waals surface area contributed by atoms with Gasteiger partial charge in [-0.15, -0.1) is 0 Å². The normalized spacial score (nSPS) is 24.3. The molecule has 1 amide bonds. The third-order valence-corrected chi connectivity index (χ3v) is 5.95. The van der Waals surface area contributed by atoms with Gasteiger partial charge in [-0.25, -0.2) is 4.98 Å². The van der Waals surface area contributed by atoms with Crippen LogP contribution in [-0.2, 0) is 17.6 Å². The molecule has 35 heavy (non-hydrogen) atoms. The summed E-state index contributed by atoms with van der Waals surface area (Å²) < 4.78 is 10.9. The fraction of sp³-hybridized carbons (Fsp3) is 0.542. The molecule has 6 N–H and O–H groups in total. The van der Waals surface area contributed by atoms with Crippen LogP contribution in [0.5, 0.6) is 5.75 Å². The highest BCUT2D eigenvalue weighted by Gasteiger charge is 2.44. The number of aliphatic hydroxyl groups is 4. The minimum atomic E-state index is -1.65. The van der Waals surface area contributed by atoms with Crippen molar-refractivity contribution in [1.29, 1.82) is 0 Å². The van der Waals surface area contributed by atoms with Crippen molar-refractivity contribution in [3.05, 3.63) is 45.4 Å². The summed E-state index contributed by atoms with van der Waals surface area (Å²) in [5.74, 6) is 0.0186. The standard InChI is InChI=1S/C24H33N3O8/c1-4-9-34-16-8-7-12(10-14(16)21-25-15(6-3)13(5-2)23(32)27-21)22(31)26-18-20(30)19(29)17(11-28)35-24(18)33/h7-8,10,17-20,24,28-30,33H,4-6,9,11H2,1-3H3,(H,26,31)(H,25,27,32). The molecule has 0 saturated carbocycles. The number of carbonyl (C=O) groups is 1. The summed E-state index contributed by atoms with van der Waals surface area (Å²) in [5.41, 5.74) is 1.54. The lowest BCUT2D eigenvalue weighted by molar-refractivity contribution is -0.252. The maximum absolute atomic E-state index is 13.0. The van der Waals surface area contributed by atoms with Crippen molar-refractivity contribution in [2.75, 3.05) is 13.2 Å². The number of nitrogens with one attached hydrogen (secondary N) is 2. The lowest BCUT2D eigenvalue weighted by Gasteiger charge is -2.40. The number of benzene rings is 1. The zero-order chi connectivity index (χ0) is 25.7. The smallest absolute Gasteiger partial charge is 0.254 e. The zero-order valence-electron chi connectivity index (χ0n) is 20.0. The van der Waals surface area contributed by atoms with Crippen LogP contribution < -0.4 is 15.6 Å². The lowest BCUT2D eigenvalue weighted by atomic mass is 9.96. The van der Waals surface area contributed by atoms with Crippen LogP contribution in [0.2, 0.25) is 0 Å². The molecule has 11 nitrogen and oxygen atoms in total. The Morgan fingerprint density at radius 1 is 1.17 bits per heavy atom. The number of H-pyrrole nitrogens is 1. The fourth-order valence-electron chi connectivity index (χ4n) is 4.01. The van der Waals surface area contributed by atoms with E-state index in [1.165, 1.54) is 12.1 Å². The van der Waals surface area contributed by atoms with Gasteiger partial charge in [-0.05, 0) is 37.5 Å². The zero-order valence-corrected chi connectivity index (χ0v) is 20.0. The number of hydrogen-bond acceptors (Lipinski definition) is 9. The van der Waals surface area contributed by atoms with Gasteiger partial charge in [0, 0.05) is 11.1 Å². The van der Waals surface area contributed by atoms with Crippen LogP contribution in [0.1, 0.15) is 48.8 Å². The second kappa shape index (κ2) is 11.7. The molecule has 0 bridgehead atoms. The van der Waals surface area contributed by atoms with E-state index in [9.17, 15) is 30.0 Å². The third kappa shape index (κ3) is 5.71. The number of nitrogens with zero attached hydrogens (tertiary/aromatic N) is 1. The molecule has 1 aromatic carbocycles. The predicted octanol–water partition coefficient (Wildman–Crippen LogP) is -0.120. The number of aromatic amines is 1. The van der Waals surface area contributed by atoms with E-state index in [1.807, 2.05) is 20.8 Å². The Bertz CT molecular complexity index is 1090. The highest BCUT2D eigenvalue weighted by atomic mass is 16.6. The summed E-state index contributed by atoms with van der Waals surface area (Å²) in [6.07, 6.45) is -4.07. The van der Waals surface area contributed by atoms with Gasteiger partial charge in [0.2, 0.25) is 0 Å². The topological polar surface area (TPSA) is 174 Å². The largest absolute Gasteiger partial charge is 0.493 e. The number of ether oxygens (including phenoxy) is 2. The van der Waals surface area contributed by atoms with Crippen molar-refractivity contribution in [3.63, 3.8) is 0 Å². The molecule has 1 fully saturated rings. The van der Waals surface area contributed by atoms with E-state index < -0.39 is 43.2 Å². The second-order valence-corrected chi connectivity index (χ2v) is 8.33. The van der Waals surface area contributed by atoms with Gasteiger partial charge in [0.25, 0.3) is 11.5 Å². The van der Waals surface area contributed by atoms with E-state index in [2.05, 4.69) is 15.3 Å². The Kier molecular flexibility index (Phi) is 8.98. The van der Waals surface area contributed by atoms with Crippen molar-refractivity contribution >= 4 is 5.91 Å². The molecule has 2 heterocycles. The van der Waals surface area contributed by atoms with Gasteiger partial charge in [0.05, 0.1) is 24.5 Å². The number of carbonyl (C=O) groups excluding carboxylic acids is 1. The average Bonchev–Trinajstić information content (AvgIpc) is 2.86. The molecule has 2 aromatic rings. The Labute approximate surface area is 202 Å². The summed E-state index contributed by atoms with van der Waals surface area (Å²) in [5, 5.41) is 42.3. The van der Waals surface area contributed by atoms with Gasteiger partial charge in [0.1, 0.15) is 35.9 Å². The molecule has 11 heteroatoms. The maximum Gasteiger partial charge on any atom is 0.254 e. The molecule has 1 saturated heterocycles. The highest BCUT2D eigenvalue weighted by molar-refractivity contribution is 5.96. The molecule has 5 atom stereocenters. The minimum Gasteiger partial charge on any atom is -0.493 e. The van der Waals surface area contributed by atoms with Gasteiger partial charge >= 0.3 is 0 Å². The molecule has 1 aliphatic rings. The number of hydrogen-bond donors (Lipinski definition) is 6. The van der Waals surface area contributed by atoms with Crippen molar-refractivity contribution in [3.8, 4) is 17.1 Å². The molecule has 3 rings (SSSR count). The van der Waals surface area contributed by atoms with E-state index in [-0.39, 0.29) is 16.9 Å². The molecular formula is C24H33N3O8. The second-order valence-electron chi connectivity index (χ2n) is 8.33. The molecule has 1 aromatic heterocycles.